The van der Waals surface area contributed by atoms with E-state index in [9.17, 15) is 4.79 Å². The Morgan fingerprint density at radius 3 is 2.67 bits per heavy atom. The fourth-order valence-electron chi connectivity index (χ4n) is 1.96. The average molecular weight is 244 g/mol. The summed E-state index contributed by atoms with van der Waals surface area (Å²) in [6.45, 7) is 1.83. The van der Waals surface area contributed by atoms with Gasteiger partial charge in [-0.15, -0.1) is 0 Å². The van der Waals surface area contributed by atoms with Gasteiger partial charge in [-0.2, -0.15) is 0 Å². The van der Waals surface area contributed by atoms with Crippen molar-refractivity contribution in [3.8, 4) is 5.75 Å². The molecule has 2 aromatic rings. The van der Waals surface area contributed by atoms with Crippen molar-refractivity contribution in [2.45, 2.75) is 19.3 Å². The molecular weight excluding hydrogens is 232 g/mol. The van der Waals surface area contributed by atoms with Crippen LogP contribution in [0.15, 0.2) is 51.9 Å². The number of benzene rings is 1. The highest BCUT2D eigenvalue weighted by Gasteiger charge is 2.30. The van der Waals surface area contributed by atoms with E-state index >= 15 is 0 Å². The molecule has 0 aliphatic carbocycles. The van der Waals surface area contributed by atoms with Gasteiger partial charge < -0.3 is 13.9 Å². The van der Waals surface area contributed by atoms with Crippen molar-refractivity contribution in [1.82, 2.24) is 0 Å². The van der Waals surface area contributed by atoms with Gasteiger partial charge in [0.15, 0.2) is 5.76 Å². The summed E-state index contributed by atoms with van der Waals surface area (Å²) in [6.07, 6.45) is 0.472. The Labute approximate surface area is 104 Å². The number of rotatable bonds is 1. The lowest BCUT2D eigenvalue weighted by Gasteiger charge is -2.28. The second-order valence-corrected chi connectivity index (χ2v) is 4.12. The third-order valence-electron chi connectivity index (χ3n) is 2.86. The molecule has 0 radical (unpaired) electrons. The van der Waals surface area contributed by atoms with Crippen molar-refractivity contribution < 1.29 is 13.9 Å². The SMILES string of the molecule is C[C@@H]1O[C@H](c2ccccc2)Oc2c1occc2=O. The van der Waals surface area contributed by atoms with E-state index in [1.165, 1.54) is 12.3 Å². The van der Waals surface area contributed by atoms with Crippen LogP contribution in [0.1, 0.15) is 30.6 Å². The molecule has 0 bridgehead atoms. The minimum absolute atomic E-state index is 0.188. The number of fused-ring (bicyclic) bond motifs is 1. The minimum Gasteiger partial charge on any atom is -0.462 e. The van der Waals surface area contributed by atoms with Crippen molar-refractivity contribution in [2.75, 3.05) is 0 Å². The summed E-state index contributed by atoms with van der Waals surface area (Å²) in [6, 6.07) is 10.8. The highest BCUT2D eigenvalue weighted by Crippen LogP contribution is 2.37. The molecule has 92 valence electrons. The minimum atomic E-state index is -0.570. The zero-order chi connectivity index (χ0) is 12.5. The third-order valence-corrected chi connectivity index (χ3v) is 2.86. The van der Waals surface area contributed by atoms with Gasteiger partial charge in [0.2, 0.25) is 17.5 Å². The van der Waals surface area contributed by atoms with Gasteiger partial charge in [0.1, 0.15) is 6.10 Å². The first-order valence-electron chi connectivity index (χ1n) is 5.74. The molecule has 0 amide bonds. The van der Waals surface area contributed by atoms with E-state index in [1.807, 2.05) is 37.3 Å². The molecule has 0 saturated heterocycles. The Bertz CT molecular complexity index is 603. The standard InChI is InChI=1S/C14H12O4/c1-9-12-13(11(15)7-8-16-12)18-14(17-9)10-5-3-2-4-6-10/h2-9,14H,1H3/t9-,14-/m0/s1. The van der Waals surface area contributed by atoms with E-state index in [2.05, 4.69) is 0 Å². The third kappa shape index (κ3) is 1.80. The number of hydrogen-bond acceptors (Lipinski definition) is 4. The second kappa shape index (κ2) is 4.31. The quantitative estimate of drug-likeness (QED) is 0.774. The fourth-order valence-corrected chi connectivity index (χ4v) is 1.96. The maximum Gasteiger partial charge on any atom is 0.227 e. The predicted molar refractivity (Wildman–Crippen MR) is 64.3 cm³/mol. The van der Waals surface area contributed by atoms with Crippen LogP contribution in [0.5, 0.6) is 5.75 Å². The molecule has 0 unspecified atom stereocenters. The van der Waals surface area contributed by atoms with Gasteiger partial charge in [-0.25, -0.2) is 0 Å². The smallest absolute Gasteiger partial charge is 0.227 e. The largest absolute Gasteiger partial charge is 0.462 e. The van der Waals surface area contributed by atoms with E-state index < -0.39 is 6.29 Å². The summed E-state index contributed by atoms with van der Waals surface area (Å²) < 4.78 is 16.6. The summed E-state index contributed by atoms with van der Waals surface area (Å²) in [7, 11) is 0. The molecular formula is C14H12O4. The van der Waals surface area contributed by atoms with Crippen LogP contribution in [0.3, 0.4) is 0 Å². The molecule has 0 N–H and O–H groups in total. The molecule has 18 heavy (non-hydrogen) atoms. The molecule has 4 nitrogen and oxygen atoms in total. The van der Waals surface area contributed by atoms with Crippen LogP contribution in [-0.2, 0) is 4.74 Å². The summed E-state index contributed by atoms with van der Waals surface area (Å²) in [4.78, 5) is 11.7. The van der Waals surface area contributed by atoms with Crippen molar-refractivity contribution in [2.24, 2.45) is 0 Å². The highest BCUT2D eigenvalue weighted by atomic mass is 16.7. The van der Waals surface area contributed by atoms with Crippen LogP contribution in [-0.4, -0.2) is 0 Å². The van der Waals surface area contributed by atoms with Crippen LogP contribution < -0.4 is 10.2 Å². The molecule has 2 atom stereocenters. The summed E-state index contributed by atoms with van der Waals surface area (Å²) in [5.41, 5.74) is 0.686. The first kappa shape index (κ1) is 11.0. The average Bonchev–Trinajstić information content (AvgIpc) is 2.41. The van der Waals surface area contributed by atoms with E-state index in [4.69, 9.17) is 13.9 Å². The monoisotopic (exact) mass is 244 g/mol. The summed E-state index contributed by atoms with van der Waals surface area (Å²) >= 11 is 0. The number of hydrogen-bond donors (Lipinski definition) is 0. The predicted octanol–water partition coefficient (Wildman–Crippen LogP) is 2.81. The van der Waals surface area contributed by atoms with E-state index in [0.29, 0.717) is 5.76 Å². The molecule has 3 rings (SSSR count). The molecule has 1 aliphatic heterocycles. The zero-order valence-corrected chi connectivity index (χ0v) is 9.83. The number of ether oxygens (including phenoxy) is 2. The van der Waals surface area contributed by atoms with Crippen molar-refractivity contribution in [1.29, 1.82) is 0 Å². The normalized spacial score (nSPS) is 22.1. The second-order valence-electron chi connectivity index (χ2n) is 4.12. The lowest BCUT2D eigenvalue weighted by molar-refractivity contribution is -0.148. The first-order valence-corrected chi connectivity index (χ1v) is 5.74. The topological polar surface area (TPSA) is 48.7 Å². The lowest BCUT2D eigenvalue weighted by atomic mass is 10.2. The molecule has 4 heteroatoms. The van der Waals surface area contributed by atoms with E-state index in [-0.39, 0.29) is 17.3 Å². The van der Waals surface area contributed by atoms with Gasteiger partial charge in [0.05, 0.1) is 6.26 Å². The summed E-state index contributed by atoms with van der Waals surface area (Å²) in [5.74, 6) is 0.680. The van der Waals surface area contributed by atoms with Gasteiger partial charge in [-0.3, -0.25) is 4.79 Å². The van der Waals surface area contributed by atoms with Gasteiger partial charge >= 0.3 is 0 Å². The van der Waals surface area contributed by atoms with Gasteiger partial charge in [-0.05, 0) is 6.92 Å². The molecule has 0 saturated carbocycles. The van der Waals surface area contributed by atoms with Crippen LogP contribution in [0.2, 0.25) is 0 Å². The Morgan fingerprint density at radius 1 is 1.11 bits per heavy atom. The molecule has 1 aromatic heterocycles. The van der Waals surface area contributed by atoms with Gasteiger partial charge in [0, 0.05) is 11.6 Å². The van der Waals surface area contributed by atoms with E-state index in [1.54, 1.807) is 0 Å². The van der Waals surface area contributed by atoms with Crippen LogP contribution in [0.4, 0.5) is 0 Å². The Hall–Kier alpha value is -2.07. The van der Waals surface area contributed by atoms with E-state index in [0.717, 1.165) is 5.56 Å². The Morgan fingerprint density at radius 2 is 1.89 bits per heavy atom. The molecule has 0 fully saturated rings. The first-order chi connectivity index (χ1) is 8.75. The van der Waals surface area contributed by atoms with Crippen LogP contribution in [0.25, 0.3) is 0 Å². The van der Waals surface area contributed by atoms with Crippen molar-refractivity contribution >= 4 is 0 Å². The molecule has 0 spiro atoms. The molecule has 1 aliphatic rings. The van der Waals surface area contributed by atoms with Crippen molar-refractivity contribution in [3.63, 3.8) is 0 Å². The fraction of sp³-hybridized carbons (Fsp3) is 0.214. The van der Waals surface area contributed by atoms with Crippen LogP contribution in [0, 0.1) is 0 Å². The Balaban J connectivity index is 2.01. The molecule has 2 heterocycles. The van der Waals surface area contributed by atoms with Crippen molar-refractivity contribution in [3.05, 3.63) is 64.2 Å². The van der Waals surface area contributed by atoms with Gasteiger partial charge in [-0.1, -0.05) is 30.3 Å². The van der Waals surface area contributed by atoms with Gasteiger partial charge in [0.25, 0.3) is 0 Å². The zero-order valence-electron chi connectivity index (χ0n) is 9.83. The Kier molecular flexibility index (Phi) is 2.64. The summed E-state index contributed by atoms with van der Waals surface area (Å²) in [5, 5.41) is 0. The highest BCUT2D eigenvalue weighted by molar-refractivity contribution is 5.29. The lowest BCUT2D eigenvalue weighted by Crippen LogP contribution is -2.24. The maximum atomic E-state index is 11.7. The van der Waals surface area contributed by atoms with Crippen LogP contribution >= 0.6 is 0 Å². The molecule has 1 aromatic carbocycles. The maximum absolute atomic E-state index is 11.7.